The van der Waals surface area contributed by atoms with E-state index in [0.29, 0.717) is 28.2 Å². The van der Waals surface area contributed by atoms with E-state index in [1.54, 1.807) is 18.2 Å². The molecule has 0 spiro atoms. The van der Waals surface area contributed by atoms with Gasteiger partial charge in [0.05, 0.1) is 10.6 Å². The van der Waals surface area contributed by atoms with Gasteiger partial charge in [-0.1, -0.05) is 29.8 Å². The van der Waals surface area contributed by atoms with Gasteiger partial charge in [0, 0.05) is 16.2 Å². The molecule has 4 heteroatoms. The summed E-state index contributed by atoms with van der Waals surface area (Å²) in [5.74, 6) is 0.713. The van der Waals surface area contributed by atoms with Crippen molar-refractivity contribution in [2.75, 3.05) is 6.61 Å². The molecule has 2 aromatic rings. The summed E-state index contributed by atoms with van der Waals surface area (Å²) in [4.78, 5) is 1.35. The number of benzene rings is 2. The Morgan fingerprint density at radius 2 is 2.15 bits per heavy atom. The molecule has 0 bridgehead atoms. The number of rotatable bonds is 3. The van der Waals surface area contributed by atoms with Gasteiger partial charge >= 0.3 is 0 Å². The minimum Gasteiger partial charge on any atom is -0.492 e. The van der Waals surface area contributed by atoms with E-state index in [-0.39, 0.29) is 0 Å². The number of fused-ring (bicyclic) bond motifs is 1. The molecule has 2 nitrogen and oxygen atoms in total. The molecule has 3 rings (SSSR count). The molecule has 1 aliphatic heterocycles. The first-order valence-corrected chi connectivity index (χ1v) is 7.59. The quantitative estimate of drug-likeness (QED) is 0.847. The van der Waals surface area contributed by atoms with Crippen LogP contribution in [0.4, 0.5) is 0 Å². The van der Waals surface area contributed by atoms with Crippen LogP contribution in [0, 0.1) is 11.3 Å². The van der Waals surface area contributed by atoms with Crippen molar-refractivity contribution < 1.29 is 4.74 Å². The maximum Gasteiger partial charge on any atom is 0.120 e. The summed E-state index contributed by atoms with van der Waals surface area (Å²) >= 11 is 7.85. The largest absolute Gasteiger partial charge is 0.492 e. The van der Waals surface area contributed by atoms with Crippen LogP contribution in [-0.4, -0.2) is 11.9 Å². The molecule has 1 unspecified atom stereocenters. The highest BCUT2D eigenvalue weighted by atomic mass is 35.5. The zero-order valence-electron chi connectivity index (χ0n) is 10.7. The number of ether oxygens (including phenoxy) is 1. The average molecular weight is 302 g/mol. The summed E-state index contributed by atoms with van der Waals surface area (Å²) in [6.07, 6.45) is 1.03. The molecule has 0 amide bonds. The summed E-state index contributed by atoms with van der Waals surface area (Å²) in [7, 11) is 0. The molecular formula is C16H12ClNOS. The number of nitriles is 1. The van der Waals surface area contributed by atoms with Crippen LogP contribution < -0.4 is 4.74 Å². The lowest BCUT2D eigenvalue weighted by molar-refractivity contribution is 0.317. The molecule has 0 aromatic heterocycles. The maximum atomic E-state index is 8.83. The van der Waals surface area contributed by atoms with Crippen LogP contribution in [-0.2, 0) is 6.42 Å². The Balaban J connectivity index is 1.62. The van der Waals surface area contributed by atoms with Crippen LogP contribution in [0.5, 0.6) is 5.75 Å². The lowest BCUT2D eigenvalue weighted by Gasteiger charge is -2.11. The van der Waals surface area contributed by atoms with Crippen LogP contribution >= 0.6 is 23.4 Å². The van der Waals surface area contributed by atoms with Gasteiger partial charge in [-0.05, 0) is 30.2 Å². The summed E-state index contributed by atoms with van der Waals surface area (Å²) in [6.45, 7) is 0.640. The normalized spacial score (nSPS) is 16.5. The summed E-state index contributed by atoms with van der Waals surface area (Å²) < 4.78 is 5.79. The third-order valence-corrected chi connectivity index (χ3v) is 4.81. The molecule has 0 saturated carbocycles. The van der Waals surface area contributed by atoms with Crippen molar-refractivity contribution in [1.29, 1.82) is 5.26 Å². The summed E-state index contributed by atoms with van der Waals surface area (Å²) in [6, 6.07) is 15.7. The Labute approximate surface area is 127 Å². The second kappa shape index (κ2) is 5.78. The van der Waals surface area contributed by atoms with Gasteiger partial charge in [0.1, 0.15) is 18.4 Å². The predicted molar refractivity (Wildman–Crippen MR) is 81.5 cm³/mol. The molecule has 20 heavy (non-hydrogen) atoms. The zero-order chi connectivity index (χ0) is 13.9. The molecule has 1 aliphatic rings. The average Bonchev–Trinajstić information content (AvgIpc) is 2.88. The van der Waals surface area contributed by atoms with Crippen LogP contribution in [0.25, 0.3) is 0 Å². The van der Waals surface area contributed by atoms with E-state index in [1.807, 2.05) is 17.8 Å². The van der Waals surface area contributed by atoms with E-state index in [0.717, 1.165) is 6.42 Å². The SMILES string of the molecule is N#Cc1ccc(OCC2Cc3ccccc3S2)cc1Cl. The second-order valence-electron chi connectivity index (χ2n) is 4.62. The Bertz CT molecular complexity index is 655. The summed E-state index contributed by atoms with van der Waals surface area (Å²) in [5, 5.41) is 9.70. The Morgan fingerprint density at radius 3 is 2.90 bits per heavy atom. The monoisotopic (exact) mass is 301 g/mol. The van der Waals surface area contributed by atoms with E-state index in [9.17, 15) is 0 Å². The van der Waals surface area contributed by atoms with Crippen LogP contribution in [0.3, 0.4) is 0 Å². The first-order valence-electron chi connectivity index (χ1n) is 6.33. The number of hydrogen-bond donors (Lipinski definition) is 0. The van der Waals surface area contributed by atoms with E-state index in [1.165, 1.54) is 10.5 Å². The highest BCUT2D eigenvalue weighted by Gasteiger charge is 2.22. The highest BCUT2D eigenvalue weighted by Crippen LogP contribution is 2.37. The minimum absolute atomic E-state index is 0.432. The van der Waals surface area contributed by atoms with Gasteiger partial charge < -0.3 is 4.74 Å². The van der Waals surface area contributed by atoms with Crippen molar-refractivity contribution in [3.63, 3.8) is 0 Å². The smallest absolute Gasteiger partial charge is 0.120 e. The molecular weight excluding hydrogens is 290 g/mol. The van der Waals surface area contributed by atoms with Gasteiger partial charge in [-0.2, -0.15) is 5.26 Å². The van der Waals surface area contributed by atoms with Crippen molar-refractivity contribution >= 4 is 23.4 Å². The summed E-state index contributed by atoms with van der Waals surface area (Å²) in [5.41, 5.74) is 1.87. The first-order chi connectivity index (χ1) is 9.76. The molecule has 1 atom stereocenters. The van der Waals surface area contributed by atoms with Gasteiger partial charge in [0.25, 0.3) is 0 Å². The van der Waals surface area contributed by atoms with Gasteiger partial charge in [0.2, 0.25) is 0 Å². The Kier molecular flexibility index (Phi) is 3.86. The van der Waals surface area contributed by atoms with Gasteiger partial charge in [0.15, 0.2) is 0 Å². The fourth-order valence-corrected chi connectivity index (χ4v) is 3.64. The molecule has 0 saturated heterocycles. The molecule has 0 radical (unpaired) electrons. The topological polar surface area (TPSA) is 33.0 Å². The van der Waals surface area contributed by atoms with Gasteiger partial charge in [-0.15, -0.1) is 11.8 Å². The molecule has 0 aliphatic carbocycles. The van der Waals surface area contributed by atoms with Crippen molar-refractivity contribution in [1.82, 2.24) is 0 Å². The lowest BCUT2D eigenvalue weighted by Crippen LogP contribution is -2.13. The first kappa shape index (κ1) is 13.4. The van der Waals surface area contributed by atoms with Crippen LogP contribution in [0.15, 0.2) is 47.4 Å². The van der Waals surface area contributed by atoms with Crippen LogP contribution in [0.1, 0.15) is 11.1 Å². The number of hydrogen-bond acceptors (Lipinski definition) is 3. The van der Waals surface area contributed by atoms with Crippen molar-refractivity contribution in [3.8, 4) is 11.8 Å². The van der Waals surface area contributed by atoms with Crippen molar-refractivity contribution in [3.05, 3.63) is 58.6 Å². The minimum atomic E-state index is 0.432. The lowest BCUT2D eigenvalue weighted by atomic mass is 10.1. The molecule has 0 N–H and O–H groups in total. The van der Waals surface area contributed by atoms with Crippen molar-refractivity contribution in [2.45, 2.75) is 16.6 Å². The fourth-order valence-electron chi connectivity index (χ4n) is 2.21. The number of nitrogens with zero attached hydrogens (tertiary/aromatic N) is 1. The van der Waals surface area contributed by atoms with Crippen molar-refractivity contribution in [2.24, 2.45) is 0 Å². The number of halogens is 1. The Morgan fingerprint density at radius 1 is 1.30 bits per heavy atom. The van der Waals surface area contributed by atoms with Gasteiger partial charge in [-0.25, -0.2) is 0 Å². The molecule has 1 heterocycles. The fraction of sp³-hybridized carbons (Fsp3) is 0.188. The zero-order valence-corrected chi connectivity index (χ0v) is 12.2. The van der Waals surface area contributed by atoms with E-state index in [2.05, 4.69) is 24.3 Å². The third kappa shape index (κ3) is 2.77. The molecule has 2 aromatic carbocycles. The second-order valence-corrected chi connectivity index (χ2v) is 6.37. The van der Waals surface area contributed by atoms with Crippen LogP contribution in [0.2, 0.25) is 5.02 Å². The van der Waals surface area contributed by atoms with E-state index in [4.69, 9.17) is 21.6 Å². The maximum absolute atomic E-state index is 8.83. The van der Waals surface area contributed by atoms with E-state index < -0.39 is 0 Å². The molecule has 100 valence electrons. The Hall–Kier alpha value is -1.63. The molecule has 0 fully saturated rings. The standard InChI is InChI=1S/C16H12ClNOS/c17-15-8-13(6-5-12(15)9-18)19-10-14-7-11-3-1-2-4-16(11)20-14/h1-6,8,14H,7,10H2. The van der Waals surface area contributed by atoms with Gasteiger partial charge in [-0.3, -0.25) is 0 Å². The van der Waals surface area contributed by atoms with E-state index >= 15 is 0 Å². The number of thioether (sulfide) groups is 1. The predicted octanol–water partition coefficient (Wildman–Crippen LogP) is 4.31. The highest BCUT2D eigenvalue weighted by molar-refractivity contribution is 8.00. The third-order valence-electron chi connectivity index (χ3n) is 3.21.